The molecule has 0 aliphatic rings. The molecule has 0 bridgehead atoms. The Bertz CT molecular complexity index is 1180. The summed E-state index contributed by atoms with van der Waals surface area (Å²) in [5, 5.41) is 15.6. The quantitative estimate of drug-likeness (QED) is 0.432. The van der Waals surface area contributed by atoms with E-state index < -0.39 is 29.0 Å². The van der Waals surface area contributed by atoms with Gasteiger partial charge in [0.15, 0.2) is 17.4 Å². The van der Waals surface area contributed by atoms with Crippen molar-refractivity contribution in [1.82, 2.24) is 9.78 Å². The van der Waals surface area contributed by atoms with Crippen LogP contribution in [0.2, 0.25) is 0 Å². The molecule has 0 saturated heterocycles. The van der Waals surface area contributed by atoms with Crippen molar-refractivity contribution in [3.8, 4) is 17.0 Å². The molecule has 2 N–H and O–H groups in total. The maximum atomic E-state index is 14.5. The molecule has 34 heavy (non-hydrogen) atoms. The van der Waals surface area contributed by atoms with Gasteiger partial charge in [-0.2, -0.15) is 5.10 Å². The van der Waals surface area contributed by atoms with Crippen LogP contribution in [0.15, 0.2) is 53.3 Å². The number of ether oxygens (including phenoxy) is 2. The number of benzene rings is 2. The molecule has 3 aromatic rings. The molecule has 0 aliphatic carbocycles. The molecule has 3 rings (SSSR count). The van der Waals surface area contributed by atoms with E-state index in [-0.39, 0.29) is 37.6 Å². The van der Waals surface area contributed by atoms with Gasteiger partial charge >= 0.3 is 6.09 Å². The van der Waals surface area contributed by atoms with Crippen LogP contribution in [0.25, 0.3) is 11.3 Å². The minimum absolute atomic E-state index is 0.0269. The van der Waals surface area contributed by atoms with Gasteiger partial charge in [-0.25, -0.2) is 18.3 Å². The lowest BCUT2D eigenvalue weighted by Crippen LogP contribution is -2.23. The summed E-state index contributed by atoms with van der Waals surface area (Å²) in [7, 11) is 0. The van der Waals surface area contributed by atoms with E-state index >= 15 is 0 Å². The van der Waals surface area contributed by atoms with Gasteiger partial charge in [0.1, 0.15) is 0 Å². The maximum absolute atomic E-state index is 14.5. The fraction of sp³-hybridized carbons (Fsp3) is 0.292. The molecule has 0 aliphatic heterocycles. The van der Waals surface area contributed by atoms with Crippen molar-refractivity contribution >= 4 is 11.8 Å². The number of nitrogens with zero attached hydrogens (tertiary/aromatic N) is 2. The zero-order chi connectivity index (χ0) is 24.5. The first-order valence-corrected chi connectivity index (χ1v) is 10.7. The second-order valence-corrected chi connectivity index (χ2v) is 7.31. The monoisotopic (exact) mass is 473 g/mol. The van der Waals surface area contributed by atoms with Gasteiger partial charge in [-0.1, -0.05) is 12.1 Å². The Labute approximate surface area is 194 Å². The van der Waals surface area contributed by atoms with Gasteiger partial charge < -0.3 is 14.6 Å². The first-order chi connectivity index (χ1) is 16.4. The summed E-state index contributed by atoms with van der Waals surface area (Å²) < 4.78 is 40.1. The molecule has 0 fully saturated rings. The standard InChI is InChI=1S/C24H25F2N3O5/c1-2-33-24(32)27-18-7-5-6-16(12-18)15-29-22(31)9-8-21(28-29)17-13-19(25)23(20(26)14-17)34-11-4-3-10-30/h5-9,12-14,30H,2-4,10-11,15H2,1H3,(H,27,32). The Kier molecular flexibility index (Phi) is 8.69. The number of anilines is 1. The van der Waals surface area contributed by atoms with Crippen molar-refractivity contribution in [2.75, 3.05) is 25.1 Å². The summed E-state index contributed by atoms with van der Waals surface area (Å²) in [5.74, 6) is -2.28. The predicted molar refractivity (Wildman–Crippen MR) is 122 cm³/mol. The molecular weight excluding hydrogens is 448 g/mol. The van der Waals surface area contributed by atoms with E-state index in [4.69, 9.17) is 14.6 Å². The third-order valence-corrected chi connectivity index (χ3v) is 4.74. The molecule has 0 unspecified atom stereocenters. The summed E-state index contributed by atoms with van der Waals surface area (Å²) in [5.41, 5.74) is 1.09. The molecule has 1 amide bonds. The third-order valence-electron chi connectivity index (χ3n) is 4.74. The lowest BCUT2D eigenvalue weighted by Gasteiger charge is -2.11. The largest absolute Gasteiger partial charge is 0.488 e. The zero-order valence-corrected chi connectivity index (χ0v) is 18.6. The van der Waals surface area contributed by atoms with E-state index in [1.165, 1.54) is 12.1 Å². The SMILES string of the molecule is CCOC(=O)Nc1cccc(Cn2nc(-c3cc(F)c(OCCCCO)c(F)c3)ccc2=O)c1. The zero-order valence-electron chi connectivity index (χ0n) is 18.6. The molecule has 0 saturated carbocycles. The van der Waals surface area contributed by atoms with Crippen molar-refractivity contribution in [2.45, 2.75) is 26.3 Å². The van der Waals surface area contributed by atoms with Crippen LogP contribution in [0.3, 0.4) is 0 Å². The van der Waals surface area contributed by atoms with E-state index in [9.17, 15) is 18.4 Å². The molecule has 2 aromatic carbocycles. The molecule has 0 radical (unpaired) electrons. The van der Waals surface area contributed by atoms with E-state index in [0.29, 0.717) is 24.1 Å². The summed E-state index contributed by atoms with van der Waals surface area (Å²) in [4.78, 5) is 24.0. The molecule has 0 atom stereocenters. The number of aromatic nitrogens is 2. The predicted octanol–water partition coefficient (Wildman–Crippen LogP) is 3.96. The van der Waals surface area contributed by atoms with Crippen LogP contribution in [0, 0.1) is 11.6 Å². The Morgan fingerprint density at radius 2 is 1.88 bits per heavy atom. The first-order valence-electron chi connectivity index (χ1n) is 10.7. The molecule has 180 valence electrons. The summed E-state index contributed by atoms with van der Waals surface area (Å²) in [6, 6.07) is 11.6. The molecule has 1 aromatic heterocycles. The van der Waals surface area contributed by atoms with Crippen molar-refractivity contribution in [1.29, 1.82) is 0 Å². The average molecular weight is 473 g/mol. The number of rotatable bonds is 10. The Morgan fingerprint density at radius 1 is 1.12 bits per heavy atom. The number of aliphatic hydroxyl groups is 1. The first kappa shape index (κ1) is 24.8. The van der Waals surface area contributed by atoms with Crippen molar-refractivity contribution in [2.24, 2.45) is 0 Å². The Balaban J connectivity index is 1.80. The minimum atomic E-state index is -0.892. The van der Waals surface area contributed by atoms with Crippen LogP contribution in [-0.4, -0.2) is 40.8 Å². The maximum Gasteiger partial charge on any atom is 0.411 e. The second-order valence-electron chi connectivity index (χ2n) is 7.31. The lowest BCUT2D eigenvalue weighted by atomic mass is 10.1. The highest BCUT2D eigenvalue weighted by Gasteiger charge is 2.15. The molecule has 1 heterocycles. The third kappa shape index (κ3) is 6.61. The van der Waals surface area contributed by atoms with Crippen LogP contribution >= 0.6 is 0 Å². The van der Waals surface area contributed by atoms with E-state index in [2.05, 4.69) is 10.4 Å². The van der Waals surface area contributed by atoms with Crippen molar-refractivity contribution in [3.05, 3.63) is 76.1 Å². The number of hydrogen-bond acceptors (Lipinski definition) is 6. The average Bonchev–Trinajstić information content (AvgIpc) is 2.80. The van der Waals surface area contributed by atoms with Crippen LogP contribution < -0.4 is 15.6 Å². The van der Waals surface area contributed by atoms with E-state index in [0.717, 1.165) is 16.8 Å². The Hall–Kier alpha value is -3.79. The van der Waals surface area contributed by atoms with Gasteiger partial charge in [-0.05, 0) is 55.7 Å². The number of amides is 1. The topological polar surface area (TPSA) is 103 Å². The van der Waals surface area contributed by atoms with Gasteiger partial charge in [0, 0.05) is 23.9 Å². The van der Waals surface area contributed by atoms with Crippen LogP contribution in [0.1, 0.15) is 25.3 Å². The number of carbonyl (C=O) groups is 1. The van der Waals surface area contributed by atoms with Crippen molar-refractivity contribution < 1.29 is 28.2 Å². The van der Waals surface area contributed by atoms with E-state index in [1.807, 2.05) is 0 Å². The minimum Gasteiger partial charge on any atom is -0.488 e. The molecule has 10 heteroatoms. The van der Waals surface area contributed by atoms with E-state index in [1.54, 1.807) is 31.2 Å². The molecule has 0 spiro atoms. The molecule has 8 nitrogen and oxygen atoms in total. The molecular formula is C24H25F2N3O5. The number of aliphatic hydroxyl groups excluding tert-OH is 1. The number of hydrogen-bond donors (Lipinski definition) is 2. The van der Waals surface area contributed by atoms with Crippen molar-refractivity contribution in [3.63, 3.8) is 0 Å². The highest BCUT2D eigenvalue weighted by atomic mass is 19.1. The lowest BCUT2D eigenvalue weighted by molar-refractivity contribution is 0.168. The summed E-state index contributed by atoms with van der Waals surface area (Å²) in [6.07, 6.45) is 0.330. The smallest absolute Gasteiger partial charge is 0.411 e. The number of carbonyl (C=O) groups excluding carboxylic acids is 1. The normalized spacial score (nSPS) is 10.7. The van der Waals surface area contributed by atoms with Gasteiger partial charge in [0.05, 0.1) is 25.5 Å². The number of halogens is 2. The van der Waals surface area contributed by atoms with Crippen LogP contribution in [0.5, 0.6) is 5.75 Å². The highest BCUT2D eigenvalue weighted by Crippen LogP contribution is 2.28. The number of unbranched alkanes of at least 4 members (excludes halogenated alkanes) is 1. The van der Waals surface area contributed by atoms with Crippen LogP contribution in [0.4, 0.5) is 19.3 Å². The summed E-state index contributed by atoms with van der Waals surface area (Å²) in [6.45, 7) is 2.04. The number of nitrogens with one attached hydrogen (secondary N) is 1. The highest BCUT2D eigenvalue weighted by molar-refractivity contribution is 5.84. The summed E-state index contributed by atoms with van der Waals surface area (Å²) >= 11 is 0. The van der Waals surface area contributed by atoms with Crippen LogP contribution in [-0.2, 0) is 11.3 Å². The fourth-order valence-electron chi connectivity index (χ4n) is 3.16. The van der Waals surface area contributed by atoms with Gasteiger partial charge in [0.25, 0.3) is 5.56 Å². The fourth-order valence-corrected chi connectivity index (χ4v) is 3.16. The van der Waals surface area contributed by atoms with Gasteiger partial charge in [0.2, 0.25) is 0 Å². The second kappa shape index (κ2) is 11.9. The van der Waals surface area contributed by atoms with Gasteiger partial charge in [-0.3, -0.25) is 10.1 Å². The Morgan fingerprint density at radius 3 is 2.59 bits per heavy atom. The van der Waals surface area contributed by atoms with Gasteiger partial charge in [-0.15, -0.1) is 0 Å².